The number of nitrogens with zero attached hydrogens (tertiary/aromatic N) is 2. The monoisotopic (exact) mass is 166 g/mol. The van der Waals surface area contributed by atoms with Crippen LogP contribution in [0.5, 0.6) is 0 Å². The van der Waals surface area contributed by atoms with Crippen molar-refractivity contribution in [3.8, 4) is 0 Å². The molecule has 1 aromatic rings. The molecule has 66 valence electrons. The third kappa shape index (κ3) is 1.64. The lowest BCUT2D eigenvalue weighted by Crippen LogP contribution is -2.14. The van der Waals surface area contributed by atoms with Crippen LogP contribution in [-0.4, -0.2) is 28.3 Å². The number of H-pyrrole nitrogens is 1. The van der Waals surface area contributed by atoms with Gasteiger partial charge in [-0.25, -0.2) is 4.98 Å². The largest absolute Gasteiger partial charge is 0.317 e. The van der Waals surface area contributed by atoms with Gasteiger partial charge in [-0.2, -0.15) is 5.10 Å². The van der Waals surface area contributed by atoms with Crippen molar-refractivity contribution in [2.75, 3.05) is 13.1 Å². The Morgan fingerprint density at radius 1 is 1.33 bits per heavy atom. The first-order valence-corrected chi connectivity index (χ1v) is 4.53. The highest BCUT2D eigenvalue weighted by Gasteiger charge is 2.15. The summed E-state index contributed by atoms with van der Waals surface area (Å²) in [5.74, 6) is 1.64. The number of rotatable bonds is 1. The van der Waals surface area contributed by atoms with Gasteiger partial charge >= 0.3 is 0 Å². The van der Waals surface area contributed by atoms with Crippen LogP contribution in [0.15, 0.2) is 6.33 Å². The number of aromatic nitrogens is 3. The maximum atomic E-state index is 4.19. The second kappa shape index (κ2) is 3.67. The Hall–Kier alpha value is -0.900. The van der Waals surface area contributed by atoms with E-state index in [9.17, 15) is 0 Å². The second-order valence-corrected chi connectivity index (χ2v) is 3.25. The van der Waals surface area contributed by atoms with Gasteiger partial charge in [0.05, 0.1) is 0 Å². The van der Waals surface area contributed by atoms with Crippen LogP contribution in [0.4, 0.5) is 0 Å². The molecule has 4 nitrogen and oxygen atoms in total. The molecular weight excluding hydrogens is 152 g/mol. The Morgan fingerprint density at radius 2 is 2.33 bits per heavy atom. The van der Waals surface area contributed by atoms with E-state index in [1.54, 1.807) is 6.33 Å². The normalized spacial score (nSPS) is 25.2. The third-order valence-corrected chi connectivity index (χ3v) is 2.40. The standard InChI is InChI=1S/C8H14N4/c1-2-7(3-5-9-4-1)8-10-6-11-12-8/h6-7,9H,1-5H2,(H,10,11,12). The quantitative estimate of drug-likeness (QED) is 0.644. The fourth-order valence-electron chi connectivity index (χ4n) is 1.70. The fourth-order valence-corrected chi connectivity index (χ4v) is 1.70. The van der Waals surface area contributed by atoms with E-state index < -0.39 is 0 Å². The lowest BCUT2D eigenvalue weighted by molar-refractivity contribution is 0.577. The summed E-state index contributed by atoms with van der Waals surface area (Å²) in [5, 5.41) is 10.2. The zero-order valence-corrected chi connectivity index (χ0v) is 7.08. The zero-order valence-electron chi connectivity index (χ0n) is 7.08. The van der Waals surface area contributed by atoms with Crippen LogP contribution >= 0.6 is 0 Å². The van der Waals surface area contributed by atoms with Crippen molar-refractivity contribution in [3.05, 3.63) is 12.2 Å². The van der Waals surface area contributed by atoms with Crippen LogP contribution in [0.2, 0.25) is 0 Å². The smallest absolute Gasteiger partial charge is 0.137 e. The molecule has 2 N–H and O–H groups in total. The number of nitrogens with one attached hydrogen (secondary N) is 2. The van der Waals surface area contributed by atoms with Gasteiger partial charge in [0, 0.05) is 5.92 Å². The van der Waals surface area contributed by atoms with Crippen molar-refractivity contribution < 1.29 is 0 Å². The Bertz CT molecular complexity index is 211. The highest BCUT2D eigenvalue weighted by Crippen LogP contribution is 2.21. The minimum Gasteiger partial charge on any atom is -0.317 e. The molecule has 1 aromatic heterocycles. The van der Waals surface area contributed by atoms with E-state index in [-0.39, 0.29) is 0 Å². The van der Waals surface area contributed by atoms with E-state index in [0.29, 0.717) is 5.92 Å². The van der Waals surface area contributed by atoms with Gasteiger partial charge in [-0.15, -0.1) is 0 Å². The van der Waals surface area contributed by atoms with Crippen LogP contribution in [0, 0.1) is 0 Å². The molecule has 4 heteroatoms. The van der Waals surface area contributed by atoms with Gasteiger partial charge in [0.25, 0.3) is 0 Å². The average molecular weight is 166 g/mol. The minimum absolute atomic E-state index is 0.586. The van der Waals surface area contributed by atoms with Crippen LogP contribution in [0.3, 0.4) is 0 Å². The van der Waals surface area contributed by atoms with Gasteiger partial charge in [-0.3, -0.25) is 5.10 Å². The molecular formula is C8H14N4. The molecule has 1 aliphatic heterocycles. The van der Waals surface area contributed by atoms with Crippen LogP contribution in [-0.2, 0) is 0 Å². The van der Waals surface area contributed by atoms with Crippen molar-refractivity contribution in [1.29, 1.82) is 0 Å². The third-order valence-electron chi connectivity index (χ3n) is 2.40. The Kier molecular flexibility index (Phi) is 2.36. The first-order valence-electron chi connectivity index (χ1n) is 4.53. The van der Waals surface area contributed by atoms with E-state index in [1.165, 1.54) is 19.3 Å². The molecule has 0 amide bonds. The molecule has 0 radical (unpaired) electrons. The van der Waals surface area contributed by atoms with Gasteiger partial charge < -0.3 is 5.32 Å². The van der Waals surface area contributed by atoms with Gasteiger partial charge in [-0.1, -0.05) is 0 Å². The SMILES string of the molecule is c1n[nH]c(C2CCCNCC2)n1. The predicted octanol–water partition coefficient (Wildman–Crippen LogP) is 0.662. The minimum atomic E-state index is 0.586. The predicted molar refractivity (Wildman–Crippen MR) is 45.8 cm³/mol. The molecule has 0 aromatic carbocycles. The van der Waals surface area contributed by atoms with E-state index in [1.807, 2.05) is 0 Å². The molecule has 0 saturated carbocycles. The molecule has 1 aliphatic rings. The summed E-state index contributed by atoms with van der Waals surface area (Å²) in [4.78, 5) is 4.19. The summed E-state index contributed by atoms with van der Waals surface area (Å²) in [6.07, 6.45) is 5.23. The fraction of sp³-hybridized carbons (Fsp3) is 0.750. The molecule has 1 fully saturated rings. The Balaban J connectivity index is 2.02. The summed E-state index contributed by atoms with van der Waals surface area (Å²) < 4.78 is 0. The summed E-state index contributed by atoms with van der Waals surface area (Å²) in [7, 11) is 0. The molecule has 0 aliphatic carbocycles. The molecule has 1 unspecified atom stereocenters. The topological polar surface area (TPSA) is 53.6 Å². The lowest BCUT2D eigenvalue weighted by Gasteiger charge is -2.08. The second-order valence-electron chi connectivity index (χ2n) is 3.25. The first kappa shape index (κ1) is 7.73. The highest BCUT2D eigenvalue weighted by atomic mass is 15.2. The summed E-state index contributed by atoms with van der Waals surface area (Å²) in [6.45, 7) is 2.25. The van der Waals surface area contributed by atoms with Gasteiger partial charge in [0.1, 0.15) is 12.2 Å². The number of aromatic amines is 1. The van der Waals surface area contributed by atoms with Gasteiger partial charge in [-0.05, 0) is 32.4 Å². The van der Waals surface area contributed by atoms with Crippen molar-refractivity contribution in [1.82, 2.24) is 20.5 Å². The van der Waals surface area contributed by atoms with Crippen molar-refractivity contribution in [2.24, 2.45) is 0 Å². The van der Waals surface area contributed by atoms with Crippen LogP contribution in [0.1, 0.15) is 31.0 Å². The summed E-state index contributed by atoms with van der Waals surface area (Å²) >= 11 is 0. The molecule has 12 heavy (non-hydrogen) atoms. The molecule has 0 spiro atoms. The maximum absolute atomic E-state index is 4.19. The Morgan fingerprint density at radius 3 is 3.17 bits per heavy atom. The summed E-state index contributed by atoms with van der Waals surface area (Å²) in [6, 6.07) is 0. The number of hydrogen-bond acceptors (Lipinski definition) is 3. The van der Waals surface area contributed by atoms with Crippen molar-refractivity contribution in [2.45, 2.75) is 25.2 Å². The van der Waals surface area contributed by atoms with E-state index in [4.69, 9.17) is 0 Å². The molecule has 1 atom stereocenters. The van der Waals surface area contributed by atoms with Gasteiger partial charge in [0.15, 0.2) is 0 Å². The summed E-state index contributed by atoms with van der Waals surface area (Å²) in [5.41, 5.74) is 0. The first-order chi connectivity index (χ1) is 5.97. The lowest BCUT2D eigenvalue weighted by atomic mass is 10.0. The van der Waals surface area contributed by atoms with Crippen molar-refractivity contribution >= 4 is 0 Å². The molecule has 0 bridgehead atoms. The molecule has 1 saturated heterocycles. The zero-order chi connectivity index (χ0) is 8.23. The van der Waals surface area contributed by atoms with Crippen LogP contribution < -0.4 is 5.32 Å². The maximum Gasteiger partial charge on any atom is 0.137 e. The van der Waals surface area contributed by atoms with Gasteiger partial charge in [0.2, 0.25) is 0 Å². The van der Waals surface area contributed by atoms with Crippen molar-refractivity contribution in [3.63, 3.8) is 0 Å². The molecule has 2 rings (SSSR count). The van der Waals surface area contributed by atoms with E-state index in [0.717, 1.165) is 18.9 Å². The number of hydrogen-bond donors (Lipinski definition) is 2. The average Bonchev–Trinajstić information content (AvgIpc) is 2.48. The Labute approximate surface area is 71.8 Å². The molecule has 2 heterocycles. The van der Waals surface area contributed by atoms with Crippen LogP contribution in [0.25, 0.3) is 0 Å². The van der Waals surface area contributed by atoms with E-state index in [2.05, 4.69) is 20.5 Å². The van der Waals surface area contributed by atoms with E-state index >= 15 is 0 Å². The highest BCUT2D eigenvalue weighted by molar-refractivity contribution is 4.93.